The van der Waals surface area contributed by atoms with E-state index in [4.69, 9.17) is 4.74 Å². The van der Waals surface area contributed by atoms with Crippen LogP contribution in [-0.4, -0.2) is 16.2 Å². The van der Waals surface area contributed by atoms with Gasteiger partial charge < -0.3 is 4.74 Å². The van der Waals surface area contributed by atoms with Gasteiger partial charge in [0, 0.05) is 18.1 Å². The lowest BCUT2D eigenvalue weighted by Crippen LogP contribution is -1.97. The highest BCUT2D eigenvalue weighted by molar-refractivity contribution is 5.74. The van der Waals surface area contributed by atoms with Crippen molar-refractivity contribution in [3.8, 4) is 11.8 Å². The van der Waals surface area contributed by atoms with Gasteiger partial charge in [-0.25, -0.2) is 14.4 Å². The standard InChI is InChI=1S/C15H12FN3O/c1-10-6-8-18-15(19-10)20-14-5-4-11(9-12(14)16)13-3-2-7-17-13/h2-9,13H,1H3. The fraction of sp³-hybridized carbons (Fsp3) is 0.133. The molecule has 1 aromatic heterocycles. The molecule has 0 amide bonds. The van der Waals surface area contributed by atoms with E-state index in [0.717, 1.165) is 11.3 Å². The number of allylic oxidation sites excluding steroid dienone is 1. The first-order valence-corrected chi connectivity index (χ1v) is 6.19. The molecule has 3 rings (SSSR count). The van der Waals surface area contributed by atoms with E-state index in [0.29, 0.717) is 0 Å². The normalized spacial score (nSPS) is 16.6. The molecule has 0 spiro atoms. The molecule has 0 bridgehead atoms. The van der Waals surface area contributed by atoms with E-state index >= 15 is 0 Å². The molecule has 0 fully saturated rings. The average molecular weight is 269 g/mol. The van der Waals surface area contributed by atoms with Gasteiger partial charge in [-0.1, -0.05) is 12.1 Å². The van der Waals surface area contributed by atoms with Gasteiger partial charge in [0.1, 0.15) is 0 Å². The molecule has 0 aliphatic carbocycles. The van der Waals surface area contributed by atoms with Crippen molar-refractivity contribution in [2.24, 2.45) is 4.99 Å². The van der Waals surface area contributed by atoms with E-state index in [1.54, 1.807) is 30.6 Å². The lowest BCUT2D eigenvalue weighted by molar-refractivity contribution is 0.409. The summed E-state index contributed by atoms with van der Waals surface area (Å²) < 4.78 is 19.4. The van der Waals surface area contributed by atoms with Crippen LogP contribution in [0.1, 0.15) is 17.3 Å². The van der Waals surface area contributed by atoms with Gasteiger partial charge in [0.05, 0.1) is 6.04 Å². The molecular weight excluding hydrogens is 257 g/mol. The van der Waals surface area contributed by atoms with Gasteiger partial charge in [-0.05, 0) is 36.8 Å². The van der Waals surface area contributed by atoms with Crippen molar-refractivity contribution in [3.63, 3.8) is 0 Å². The van der Waals surface area contributed by atoms with Gasteiger partial charge in [-0.3, -0.25) is 4.99 Å². The largest absolute Gasteiger partial charge is 0.421 e. The summed E-state index contributed by atoms with van der Waals surface area (Å²) in [6, 6.07) is 6.54. The van der Waals surface area contributed by atoms with Gasteiger partial charge in [0.15, 0.2) is 11.6 Å². The van der Waals surface area contributed by atoms with Crippen LogP contribution in [0.5, 0.6) is 11.8 Å². The minimum absolute atomic E-state index is 0.102. The second kappa shape index (κ2) is 5.21. The summed E-state index contributed by atoms with van der Waals surface area (Å²) in [6.07, 6.45) is 7.02. The van der Waals surface area contributed by atoms with Crippen molar-refractivity contribution in [2.75, 3.05) is 0 Å². The maximum atomic E-state index is 14.0. The summed E-state index contributed by atoms with van der Waals surface area (Å²) >= 11 is 0. The minimum Gasteiger partial charge on any atom is -0.421 e. The Hall–Kier alpha value is -2.56. The molecule has 1 aromatic carbocycles. The molecular formula is C15H12FN3O. The lowest BCUT2D eigenvalue weighted by Gasteiger charge is -2.09. The van der Waals surface area contributed by atoms with Crippen LogP contribution >= 0.6 is 0 Å². The van der Waals surface area contributed by atoms with E-state index < -0.39 is 5.82 Å². The molecule has 0 saturated heterocycles. The molecule has 1 atom stereocenters. The Morgan fingerprint density at radius 3 is 2.85 bits per heavy atom. The number of aromatic nitrogens is 2. The molecule has 2 aromatic rings. The first kappa shape index (κ1) is 12.5. The third-order valence-corrected chi connectivity index (χ3v) is 2.90. The van der Waals surface area contributed by atoms with Crippen molar-refractivity contribution < 1.29 is 9.13 Å². The summed E-state index contributed by atoms with van der Waals surface area (Å²) in [5.74, 6) is -0.353. The highest BCUT2D eigenvalue weighted by Crippen LogP contribution is 2.28. The Balaban J connectivity index is 1.84. The van der Waals surface area contributed by atoms with E-state index in [-0.39, 0.29) is 17.8 Å². The van der Waals surface area contributed by atoms with Gasteiger partial charge in [0.2, 0.25) is 0 Å². The van der Waals surface area contributed by atoms with Crippen LogP contribution < -0.4 is 4.74 Å². The molecule has 0 N–H and O–H groups in total. The summed E-state index contributed by atoms with van der Waals surface area (Å²) in [4.78, 5) is 12.2. The van der Waals surface area contributed by atoms with Crippen molar-refractivity contribution in [1.82, 2.24) is 9.97 Å². The molecule has 0 radical (unpaired) electrons. The number of aliphatic imine (C=N–C) groups is 1. The van der Waals surface area contributed by atoms with Gasteiger partial charge >= 0.3 is 6.01 Å². The van der Waals surface area contributed by atoms with Crippen molar-refractivity contribution in [3.05, 3.63) is 59.7 Å². The molecule has 0 saturated carbocycles. The van der Waals surface area contributed by atoms with Gasteiger partial charge in [-0.2, -0.15) is 0 Å². The number of hydrogen-bond donors (Lipinski definition) is 0. The predicted octanol–water partition coefficient (Wildman–Crippen LogP) is 3.40. The fourth-order valence-electron chi connectivity index (χ4n) is 1.90. The van der Waals surface area contributed by atoms with Crippen LogP contribution in [0.2, 0.25) is 0 Å². The Labute approximate surface area is 115 Å². The number of ether oxygens (including phenoxy) is 1. The Bertz CT molecular complexity index is 685. The first-order valence-electron chi connectivity index (χ1n) is 6.19. The SMILES string of the molecule is Cc1ccnc(Oc2ccc(C3C=CC=N3)cc2F)n1. The quantitative estimate of drug-likeness (QED) is 0.858. The lowest BCUT2D eigenvalue weighted by atomic mass is 10.1. The first-order chi connectivity index (χ1) is 9.72. The number of aryl methyl sites for hydroxylation is 1. The van der Waals surface area contributed by atoms with E-state index in [1.807, 2.05) is 19.1 Å². The molecule has 1 unspecified atom stereocenters. The number of hydrogen-bond acceptors (Lipinski definition) is 4. The number of rotatable bonds is 3. The maximum absolute atomic E-state index is 14.0. The summed E-state index contributed by atoms with van der Waals surface area (Å²) in [6.45, 7) is 1.82. The van der Waals surface area contributed by atoms with Crippen LogP contribution in [0.25, 0.3) is 0 Å². The predicted molar refractivity (Wildman–Crippen MR) is 73.6 cm³/mol. The Morgan fingerprint density at radius 1 is 1.25 bits per heavy atom. The van der Waals surface area contributed by atoms with Crippen LogP contribution in [0.3, 0.4) is 0 Å². The van der Waals surface area contributed by atoms with Crippen LogP contribution in [0.4, 0.5) is 4.39 Å². The van der Waals surface area contributed by atoms with Crippen LogP contribution in [0, 0.1) is 12.7 Å². The third kappa shape index (κ3) is 2.56. The topological polar surface area (TPSA) is 47.4 Å². The van der Waals surface area contributed by atoms with Gasteiger partial charge in [0.25, 0.3) is 0 Å². The molecule has 1 aliphatic rings. The van der Waals surface area contributed by atoms with E-state index in [2.05, 4.69) is 15.0 Å². The van der Waals surface area contributed by atoms with Crippen LogP contribution in [-0.2, 0) is 0 Å². The van der Waals surface area contributed by atoms with Gasteiger partial charge in [-0.15, -0.1) is 0 Å². The summed E-state index contributed by atoms with van der Waals surface area (Å²) in [5.41, 5.74) is 1.54. The Morgan fingerprint density at radius 2 is 2.15 bits per heavy atom. The monoisotopic (exact) mass is 269 g/mol. The molecule has 100 valence electrons. The van der Waals surface area contributed by atoms with Crippen LogP contribution in [0.15, 0.2) is 47.6 Å². The molecule has 4 nitrogen and oxygen atoms in total. The second-order valence-corrected chi connectivity index (χ2v) is 4.40. The minimum atomic E-state index is -0.455. The number of benzene rings is 1. The average Bonchev–Trinajstić information content (AvgIpc) is 2.95. The smallest absolute Gasteiger partial charge is 0.322 e. The van der Waals surface area contributed by atoms with Crippen molar-refractivity contribution in [2.45, 2.75) is 13.0 Å². The molecule has 2 heterocycles. The summed E-state index contributed by atoms with van der Waals surface area (Å²) in [7, 11) is 0. The number of nitrogens with zero attached hydrogens (tertiary/aromatic N) is 3. The highest BCUT2D eigenvalue weighted by Gasteiger charge is 2.13. The number of halogens is 1. The second-order valence-electron chi connectivity index (χ2n) is 4.40. The summed E-state index contributed by atoms with van der Waals surface area (Å²) in [5, 5.41) is 0. The highest BCUT2D eigenvalue weighted by atomic mass is 19.1. The third-order valence-electron chi connectivity index (χ3n) is 2.90. The molecule has 5 heteroatoms. The zero-order valence-electron chi connectivity index (χ0n) is 10.8. The zero-order valence-corrected chi connectivity index (χ0v) is 10.8. The van der Waals surface area contributed by atoms with Crippen molar-refractivity contribution in [1.29, 1.82) is 0 Å². The van der Waals surface area contributed by atoms with E-state index in [9.17, 15) is 4.39 Å². The van der Waals surface area contributed by atoms with Crippen molar-refractivity contribution >= 4 is 6.21 Å². The zero-order chi connectivity index (χ0) is 13.9. The molecule has 20 heavy (non-hydrogen) atoms. The fourth-order valence-corrected chi connectivity index (χ4v) is 1.90. The van der Waals surface area contributed by atoms with E-state index in [1.165, 1.54) is 6.07 Å². The molecule has 1 aliphatic heterocycles. The Kier molecular flexibility index (Phi) is 3.25. The maximum Gasteiger partial charge on any atom is 0.322 e.